The molecule has 0 fully saturated rings. The molecule has 0 aromatic heterocycles. The van der Waals surface area contributed by atoms with Crippen molar-refractivity contribution in [3.8, 4) is 0 Å². The van der Waals surface area contributed by atoms with Crippen molar-refractivity contribution in [1.82, 2.24) is 0 Å². The minimum atomic E-state index is 0.0747. The summed E-state index contributed by atoms with van der Waals surface area (Å²) >= 11 is 2.32. The van der Waals surface area contributed by atoms with E-state index in [0.29, 0.717) is 0 Å². The van der Waals surface area contributed by atoms with Crippen LogP contribution in [0, 0.1) is 17.4 Å². The van der Waals surface area contributed by atoms with Crippen molar-refractivity contribution in [3.05, 3.63) is 68.3 Å². The molecule has 2 heteroatoms. The highest BCUT2D eigenvalue weighted by Gasteiger charge is 2.09. The number of hydrogen-bond acceptors (Lipinski definition) is 1. The van der Waals surface area contributed by atoms with Gasteiger partial charge in [0.1, 0.15) is 0 Å². The van der Waals surface area contributed by atoms with Gasteiger partial charge in [-0.1, -0.05) is 35.9 Å². The summed E-state index contributed by atoms with van der Waals surface area (Å²) < 4.78 is 1.26. The van der Waals surface area contributed by atoms with E-state index in [4.69, 9.17) is 5.73 Å². The lowest BCUT2D eigenvalue weighted by atomic mass is 9.95. The van der Waals surface area contributed by atoms with Gasteiger partial charge in [-0.15, -0.1) is 0 Å². The zero-order valence-corrected chi connectivity index (χ0v) is 12.9. The lowest BCUT2D eigenvalue weighted by molar-refractivity contribution is 0.716. The topological polar surface area (TPSA) is 26.0 Å². The van der Waals surface area contributed by atoms with Gasteiger partial charge >= 0.3 is 0 Å². The van der Waals surface area contributed by atoms with Gasteiger partial charge in [-0.25, -0.2) is 0 Å². The molecule has 1 atom stereocenters. The summed E-state index contributed by atoms with van der Waals surface area (Å²) in [7, 11) is 0. The average molecular weight is 351 g/mol. The largest absolute Gasteiger partial charge is 0.324 e. The van der Waals surface area contributed by atoms with Gasteiger partial charge in [0.2, 0.25) is 0 Å². The smallest absolute Gasteiger partial charge is 0.0338 e. The minimum absolute atomic E-state index is 0.0747. The molecular weight excluding hydrogens is 333 g/mol. The summed E-state index contributed by atoms with van der Waals surface area (Å²) in [5, 5.41) is 0. The van der Waals surface area contributed by atoms with Crippen LogP contribution < -0.4 is 5.73 Å². The maximum atomic E-state index is 6.31. The fourth-order valence-corrected chi connectivity index (χ4v) is 2.59. The second-order valence-electron chi connectivity index (χ2n) is 4.80. The zero-order valence-electron chi connectivity index (χ0n) is 10.8. The Bertz CT molecular complexity index is 531. The van der Waals surface area contributed by atoms with E-state index in [-0.39, 0.29) is 6.04 Å². The molecule has 0 radical (unpaired) electrons. The van der Waals surface area contributed by atoms with E-state index in [1.807, 2.05) is 0 Å². The van der Waals surface area contributed by atoms with Crippen molar-refractivity contribution in [1.29, 1.82) is 0 Å². The van der Waals surface area contributed by atoms with E-state index in [9.17, 15) is 0 Å². The van der Waals surface area contributed by atoms with E-state index < -0.39 is 0 Å². The van der Waals surface area contributed by atoms with Crippen LogP contribution in [0.4, 0.5) is 0 Å². The molecule has 0 saturated carbocycles. The first kappa shape index (κ1) is 13.6. The molecule has 2 aromatic rings. The first-order chi connectivity index (χ1) is 8.56. The van der Waals surface area contributed by atoms with Crippen LogP contribution in [0.5, 0.6) is 0 Å². The molecule has 2 aromatic carbocycles. The summed E-state index contributed by atoms with van der Waals surface area (Å²) in [5.41, 5.74) is 11.4. The fraction of sp³-hybridized carbons (Fsp3) is 0.250. The van der Waals surface area contributed by atoms with Crippen LogP contribution in [-0.2, 0) is 6.42 Å². The molecule has 0 heterocycles. The SMILES string of the molecule is Cc1ccc(C(N)Cc2ccc(I)cc2)c(C)c1. The van der Waals surface area contributed by atoms with Gasteiger partial charge in [0.15, 0.2) is 0 Å². The number of benzene rings is 2. The zero-order chi connectivity index (χ0) is 13.1. The van der Waals surface area contributed by atoms with Gasteiger partial charge in [-0.2, -0.15) is 0 Å². The van der Waals surface area contributed by atoms with Crippen LogP contribution in [0.25, 0.3) is 0 Å². The van der Waals surface area contributed by atoms with Gasteiger partial charge in [0.05, 0.1) is 0 Å². The second-order valence-corrected chi connectivity index (χ2v) is 6.04. The fourth-order valence-electron chi connectivity index (χ4n) is 2.23. The van der Waals surface area contributed by atoms with Crippen molar-refractivity contribution >= 4 is 22.6 Å². The molecule has 0 aliphatic heterocycles. The summed E-state index contributed by atoms with van der Waals surface area (Å²) in [6.45, 7) is 4.25. The third-order valence-corrected chi connectivity index (χ3v) is 3.91. The molecule has 1 nitrogen and oxygen atoms in total. The Hall–Kier alpha value is -0.870. The summed E-state index contributed by atoms with van der Waals surface area (Å²) in [4.78, 5) is 0. The van der Waals surface area contributed by atoms with Gasteiger partial charge in [0.25, 0.3) is 0 Å². The van der Waals surface area contributed by atoms with Crippen molar-refractivity contribution < 1.29 is 0 Å². The Labute approximate surface area is 123 Å². The first-order valence-electron chi connectivity index (χ1n) is 6.13. The van der Waals surface area contributed by atoms with E-state index in [2.05, 4.69) is 78.9 Å². The van der Waals surface area contributed by atoms with Gasteiger partial charge < -0.3 is 5.73 Å². The Balaban J connectivity index is 2.16. The monoisotopic (exact) mass is 351 g/mol. The van der Waals surface area contributed by atoms with Crippen molar-refractivity contribution in [2.45, 2.75) is 26.3 Å². The Kier molecular flexibility index (Phi) is 4.40. The third kappa shape index (κ3) is 3.33. The summed E-state index contributed by atoms with van der Waals surface area (Å²) in [5.74, 6) is 0. The Morgan fingerprint density at radius 2 is 1.72 bits per heavy atom. The van der Waals surface area contributed by atoms with Crippen LogP contribution in [0.15, 0.2) is 42.5 Å². The highest BCUT2D eigenvalue weighted by atomic mass is 127. The highest BCUT2D eigenvalue weighted by Crippen LogP contribution is 2.21. The van der Waals surface area contributed by atoms with E-state index in [1.54, 1.807) is 0 Å². The van der Waals surface area contributed by atoms with E-state index in [0.717, 1.165) is 6.42 Å². The van der Waals surface area contributed by atoms with Crippen LogP contribution in [-0.4, -0.2) is 0 Å². The number of halogens is 1. The Morgan fingerprint density at radius 3 is 2.33 bits per heavy atom. The van der Waals surface area contributed by atoms with Crippen molar-refractivity contribution in [2.24, 2.45) is 5.73 Å². The van der Waals surface area contributed by atoms with Crippen LogP contribution in [0.3, 0.4) is 0 Å². The van der Waals surface area contributed by atoms with Crippen molar-refractivity contribution in [3.63, 3.8) is 0 Å². The van der Waals surface area contributed by atoms with E-state index >= 15 is 0 Å². The third-order valence-electron chi connectivity index (χ3n) is 3.19. The van der Waals surface area contributed by atoms with Gasteiger partial charge in [0, 0.05) is 9.61 Å². The summed E-state index contributed by atoms with van der Waals surface area (Å²) in [6, 6.07) is 15.1. The molecule has 0 aliphatic rings. The molecule has 1 unspecified atom stereocenters. The van der Waals surface area contributed by atoms with Crippen LogP contribution in [0.2, 0.25) is 0 Å². The number of rotatable bonds is 3. The molecule has 0 saturated heterocycles. The molecule has 0 spiro atoms. The minimum Gasteiger partial charge on any atom is -0.324 e. The quantitative estimate of drug-likeness (QED) is 0.826. The van der Waals surface area contributed by atoms with Crippen molar-refractivity contribution in [2.75, 3.05) is 0 Å². The first-order valence-corrected chi connectivity index (χ1v) is 7.21. The van der Waals surface area contributed by atoms with Crippen LogP contribution in [0.1, 0.15) is 28.3 Å². The standard InChI is InChI=1S/C16H18IN/c1-11-3-8-15(12(2)9-11)16(18)10-13-4-6-14(17)7-5-13/h3-9,16H,10,18H2,1-2H3. The molecule has 0 aliphatic carbocycles. The van der Waals surface area contributed by atoms with Gasteiger partial charge in [-0.3, -0.25) is 0 Å². The maximum absolute atomic E-state index is 6.31. The second kappa shape index (κ2) is 5.85. The number of aryl methyl sites for hydroxylation is 2. The molecule has 0 bridgehead atoms. The lowest BCUT2D eigenvalue weighted by Gasteiger charge is -2.15. The molecular formula is C16H18IN. The number of hydrogen-bond donors (Lipinski definition) is 1. The number of nitrogens with two attached hydrogens (primary N) is 1. The molecule has 18 heavy (non-hydrogen) atoms. The maximum Gasteiger partial charge on any atom is 0.0338 e. The average Bonchev–Trinajstić information content (AvgIpc) is 2.32. The Morgan fingerprint density at radius 1 is 1.06 bits per heavy atom. The predicted molar refractivity (Wildman–Crippen MR) is 85.7 cm³/mol. The van der Waals surface area contributed by atoms with Crippen LogP contribution >= 0.6 is 22.6 Å². The molecule has 2 N–H and O–H groups in total. The molecule has 94 valence electrons. The normalized spacial score (nSPS) is 12.4. The predicted octanol–water partition coefficient (Wildman–Crippen LogP) is 4.15. The van der Waals surface area contributed by atoms with Gasteiger partial charge in [-0.05, 0) is 71.7 Å². The summed E-state index contributed by atoms with van der Waals surface area (Å²) in [6.07, 6.45) is 0.890. The molecule has 0 amide bonds. The lowest BCUT2D eigenvalue weighted by Crippen LogP contribution is -2.14. The van der Waals surface area contributed by atoms with E-state index in [1.165, 1.54) is 25.8 Å². The highest BCUT2D eigenvalue weighted by molar-refractivity contribution is 14.1. The molecule has 2 rings (SSSR count).